The molecule has 1 aliphatic heterocycles. The number of ether oxygens (including phenoxy) is 2. The molecule has 4 aromatic rings. The minimum absolute atomic E-state index is 0.210. The summed E-state index contributed by atoms with van der Waals surface area (Å²) in [7, 11) is 0. The first-order valence-corrected chi connectivity index (χ1v) is 11.4. The van der Waals surface area contributed by atoms with Gasteiger partial charge in [0.05, 0.1) is 30.4 Å². The summed E-state index contributed by atoms with van der Waals surface area (Å²) < 4.78 is 26.5. The van der Waals surface area contributed by atoms with E-state index >= 15 is 4.39 Å². The molecule has 1 aliphatic rings. The SMILES string of the molecule is Cc1c(-c2ccc(-c3ccc(C=O)cc3)cc2)c(F)cc2[nH]c(O[C@H]3CO[C@H](CO)[C@@H](O)C3)nc12. The predicted molar refractivity (Wildman–Crippen MR) is 129 cm³/mol. The maximum atomic E-state index is 15.2. The van der Waals surface area contributed by atoms with E-state index in [0.717, 1.165) is 23.0 Å². The molecule has 0 unspecified atom stereocenters. The number of carbonyl (C=O) groups excluding carboxylic acids is 1. The molecule has 3 aromatic carbocycles. The van der Waals surface area contributed by atoms with Gasteiger partial charge in [-0.3, -0.25) is 4.79 Å². The molecule has 3 atom stereocenters. The van der Waals surface area contributed by atoms with Crippen LogP contribution in [0.3, 0.4) is 0 Å². The monoisotopic (exact) mass is 476 g/mol. The van der Waals surface area contributed by atoms with E-state index < -0.39 is 18.3 Å². The first-order valence-electron chi connectivity index (χ1n) is 11.4. The Morgan fingerprint density at radius 2 is 1.80 bits per heavy atom. The number of H-pyrrole nitrogens is 1. The lowest BCUT2D eigenvalue weighted by Gasteiger charge is -2.31. The molecule has 8 heteroatoms. The Hall–Kier alpha value is -3.59. The van der Waals surface area contributed by atoms with Gasteiger partial charge in [0.2, 0.25) is 0 Å². The molecule has 7 nitrogen and oxygen atoms in total. The molecule has 1 aromatic heterocycles. The highest BCUT2D eigenvalue weighted by Crippen LogP contribution is 2.34. The number of halogens is 1. The number of rotatable bonds is 6. The number of nitrogens with zero attached hydrogens (tertiary/aromatic N) is 1. The van der Waals surface area contributed by atoms with Crippen molar-refractivity contribution in [3.63, 3.8) is 0 Å². The molecule has 5 rings (SSSR count). The first kappa shape index (κ1) is 23.2. The molecule has 3 N–H and O–H groups in total. The average molecular weight is 477 g/mol. The van der Waals surface area contributed by atoms with E-state index in [9.17, 15) is 15.0 Å². The predicted octanol–water partition coefficient (Wildman–Crippen LogP) is 4.05. The lowest BCUT2D eigenvalue weighted by Crippen LogP contribution is -2.45. The van der Waals surface area contributed by atoms with Gasteiger partial charge in [-0.1, -0.05) is 48.5 Å². The highest BCUT2D eigenvalue weighted by atomic mass is 19.1. The summed E-state index contributed by atoms with van der Waals surface area (Å²) in [5, 5.41) is 19.3. The zero-order chi connectivity index (χ0) is 24.5. The molecule has 0 bridgehead atoms. The van der Waals surface area contributed by atoms with Gasteiger partial charge in [0, 0.05) is 23.6 Å². The molecular formula is C27H25FN2O5. The van der Waals surface area contributed by atoms with Gasteiger partial charge in [-0.25, -0.2) is 4.39 Å². The van der Waals surface area contributed by atoms with Crippen LogP contribution < -0.4 is 4.74 Å². The summed E-state index contributed by atoms with van der Waals surface area (Å²) in [4.78, 5) is 18.4. The quantitative estimate of drug-likeness (QED) is 0.363. The summed E-state index contributed by atoms with van der Waals surface area (Å²) in [6.45, 7) is 1.77. The van der Waals surface area contributed by atoms with Crippen molar-refractivity contribution < 1.29 is 28.9 Å². The van der Waals surface area contributed by atoms with Crippen LogP contribution in [0.15, 0.2) is 54.6 Å². The zero-order valence-electron chi connectivity index (χ0n) is 19.1. The number of aliphatic hydroxyl groups is 2. The van der Waals surface area contributed by atoms with E-state index in [2.05, 4.69) is 9.97 Å². The average Bonchev–Trinajstić information content (AvgIpc) is 3.27. The van der Waals surface area contributed by atoms with Gasteiger partial charge in [0.1, 0.15) is 24.3 Å². The van der Waals surface area contributed by atoms with Gasteiger partial charge >= 0.3 is 0 Å². The Morgan fingerprint density at radius 1 is 1.14 bits per heavy atom. The third-order valence-electron chi connectivity index (χ3n) is 6.39. The number of aliphatic hydroxyl groups excluding tert-OH is 2. The fraction of sp³-hybridized carbons (Fsp3) is 0.259. The van der Waals surface area contributed by atoms with Gasteiger partial charge in [-0.2, -0.15) is 4.98 Å². The van der Waals surface area contributed by atoms with Crippen LogP contribution in [-0.4, -0.2) is 58.0 Å². The molecule has 180 valence electrons. The highest BCUT2D eigenvalue weighted by Gasteiger charge is 2.31. The second kappa shape index (κ2) is 9.58. The van der Waals surface area contributed by atoms with E-state index in [-0.39, 0.29) is 25.0 Å². The van der Waals surface area contributed by atoms with Gasteiger partial charge in [-0.15, -0.1) is 0 Å². The summed E-state index contributed by atoms with van der Waals surface area (Å²) in [6.07, 6.45) is -0.790. The van der Waals surface area contributed by atoms with Crippen LogP contribution in [0.5, 0.6) is 6.01 Å². The lowest BCUT2D eigenvalue weighted by molar-refractivity contribution is -0.131. The minimum Gasteiger partial charge on any atom is -0.459 e. The van der Waals surface area contributed by atoms with Gasteiger partial charge in [0.25, 0.3) is 6.01 Å². The standard InChI is InChI=1S/C27H25FN2O5/c1-15-25(19-8-6-18(7-9-19)17-4-2-16(12-31)3-5-17)21(28)11-22-26(15)30-27(29-22)35-20-10-23(33)24(13-32)34-14-20/h2-9,11-12,20,23-24,32-33H,10,13-14H2,1H3,(H,29,30)/t20-,23+,24-/m1/s1. The van der Waals surface area contributed by atoms with Crippen LogP contribution >= 0.6 is 0 Å². The van der Waals surface area contributed by atoms with Crippen LogP contribution in [0.4, 0.5) is 4.39 Å². The third-order valence-corrected chi connectivity index (χ3v) is 6.39. The number of imidazole rings is 1. The number of fused-ring (bicyclic) bond motifs is 1. The number of aromatic nitrogens is 2. The number of aromatic amines is 1. The molecule has 0 radical (unpaired) electrons. The van der Waals surface area contributed by atoms with E-state index in [4.69, 9.17) is 9.47 Å². The second-order valence-electron chi connectivity index (χ2n) is 8.71. The number of benzene rings is 3. The zero-order valence-corrected chi connectivity index (χ0v) is 19.1. The van der Waals surface area contributed by atoms with Crippen LogP contribution in [0.25, 0.3) is 33.3 Å². The Bertz CT molecular complexity index is 1350. The fourth-order valence-corrected chi connectivity index (χ4v) is 4.49. The Labute approximate surface area is 201 Å². The third kappa shape index (κ3) is 4.55. The lowest BCUT2D eigenvalue weighted by atomic mass is 9.96. The summed E-state index contributed by atoms with van der Waals surface area (Å²) in [5.41, 5.74) is 5.49. The van der Waals surface area contributed by atoms with Crippen molar-refractivity contribution >= 4 is 17.3 Å². The Kier molecular flexibility index (Phi) is 6.34. The topological polar surface area (TPSA) is 105 Å². The molecule has 2 heterocycles. The number of carbonyl (C=O) groups is 1. The maximum Gasteiger partial charge on any atom is 0.294 e. The number of hydrogen-bond donors (Lipinski definition) is 3. The number of aldehydes is 1. The van der Waals surface area contributed by atoms with Crippen molar-refractivity contribution in [1.29, 1.82) is 0 Å². The summed E-state index contributed by atoms with van der Waals surface area (Å²) in [5.74, 6) is -0.379. The van der Waals surface area contributed by atoms with E-state index in [0.29, 0.717) is 34.1 Å². The largest absolute Gasteiger partial charge is 0.459 e. The number of aryl methyl sites for hydroxylation is 1. The number of hydrogen-bond acceptors (Lipinski definition) is 6. The van der Waals surface area contributed by atoms with Crippen LogP contribution in [0.1, 0.15) is 22.3 Å². The molecule has 0 aliphatic carbocycles. The molecule has 1 fully saturated rings. The molecule has 1 saturated heterocycles. The van der Waals surface area contributed by atoms with Gasteiger partial charge < -0.3 is 24.7 Å². The van der Waals surface area contributed by atoms with E-state index in [1.165, 1.54) is 6.07 Å². The Balaban J connectivity index is 1.40. The van der Waals surface area contributed by atoms with Gasteiger partial charge in [-0.05, 0) is 29.2 Å². The maximum absolute atomic E-state index is 15.2. The smallest absolute Gasteiger partial charge is 0.294 e. The van der Waals surface area contributed by atoms with Crippen LogP contribution in [0, 0.1) is 12.7 Å². The van der Waals surface area contributed by atoms with Gasteiger partial charge in [0.15, 0.2) is 0 Å². The summed E-state index contributed by atoms with van der Waals surface area (Å²) in [6, 6.07) is 16.5. The number of nitrogens with one attached hydrogen (secondary N) is 1. The van der Waals surface area contributed by atoms with Crippen LogP contribution in [0.2, 0.25) is 0 Å². The van der Waals surface area contributed by atoms with E-state index in [1.54, 1.807) is 12.1 Å². The molecule has 35 heavy (non-hydrogen) atoms. The highest BCUT2D eigenvalue weighted by molar-refractivity contribution is 5.88. The molecular weight excluding hydrogens is 451 g/mol. The van der Waals surface area contributed by atoms with Crippen molar-refractivity contribution in [3.8, 4) is 28.3 Å². The van der Waals surface area contributed by atoms with Crippen molar-refractivity contribution in [2.75, 3.05) is 13.2 Å². The van der Waals surface area contributed by atoms with E-state index in [1.807, 2.05) is 43.3 Å². The minimum atomic E-state index is -0.833. The summed E-state index contributed by atoms with van der Waals surface area (Å²) >= 11 is 0. The fourth-order valence-electron chi connectivity index (χ4n) is 4.49. The van der Waals surface area contributed by atoms with Crippen molar-refractivity contribution in [3.05, 3.63) is 71.5 Å². The van der Waals surface area contributed by atoms with Crippen molar-refractivity contribution in [1.82, 2.24) is 9.97 Å². The molecule has 0 saturated carbocycles. The van der Waals surface area contributed by atoms with Crippen LogP contribution in [-0.2, 0) is 4.74 Å². The second-order valence-corrected chi connectivity index (χ2v) is 8.71. The molecule has 0 spiro atoms. The normalized spacial score (nSPS) is 20.2. The molecule has 0 amide bonds. The Morgan fingerprint density at radius 3 is 2.43 bits per heavy atom. The van der Waals surface area contributed by atoms with Crippen molar-refractivity contribution in [2.24, 2.45) is 0 Å². The van der Waals surface area contributed by atoms with Crippen molar-refractivity contribution in [2.45, 2.75) is 31.7 Å². The first-order chi connectivity index (χ1) is 17.0.